The highest BCUT2D eigenvalue weighted by Crippen LogP contribution is 2.38. The van der Waals surface area contributed by atoms with Gasteiger partial charge in [-0.05, 0) is 36.4 Å². The molecule has 3 aromatic rings. The number of hydrogen-bond donors (Lipinski definition) is 1. The summed E-state index contributed by atoms with van der Waals surface area (Å²) in [5.74, 6) is 1.99. The third kappa shape index (κ3) is 3.12. The number of carbonyl (C=O) groups is 1. The van der Waals surface area contributed by atoms with E-state index in [1.165, 1.54) is 0 Å². The van der Waals surface area contributed by atoms with Gasteiger partial charge >= 0.3 is 0 Å². The fraction of sp³-hybridized carbons (Fsp3) is 0.125. The standard InChI is InChI=1S/C24H20N2O4/c1-28-20-9-5-2-6-16(20)10-13-23-25-19-8-4-3-7-18(19)24(27)26(23)17-11-12-21-22(14-17)30-15-29-21/h2-14,23,25H,15H2,1H3/b13-10+/t23-/m1/s1. The molecule has 2 aliphatic rings. The molecule has 0 bridgehead atoms. The van der Waals surface area contributed by atoms with E-state index >= 15 is 0 Å². The highest BCUT2D eigenvalue weighted by molar-refractivity contribution is 6.12. The summed E-state index contributed by atoms with van der Waals surface area (Å²) in [6.45, 7) is 0.185. The summed E-state index contributed by atoms with van der Waals surface area (Å²) in [5.41, 5.74) is 3.07. The number of methoxy groups -OCH3 is 1. The van der Waals surface area contributed by atoms with Crippen molar-refractivity contribution >= 4 is 23.4 Å². The Morgan fingerprint density at radius 3 is 2.73 bits per heavy atom. The minimum Gasteiger partial charge on any atom is -0.496 e. The van der Waals surface area contributed by atoms with Crippen LogP contribution >= 0.6 is 0 Å². The quantitative estimate of drug-likeness (QED) is 0.697. The van der Waals surface area contributed by atoms with Crippen molar-refractivity contribution in [2.75, 3.05) is 24.1 Å². The molecular weight excluding hydrogens is 380 g/mol. The van der Waals surface area contributed by atoms with Gasteiger partial charge in [-0.3, -0.25) is 9.69 Å². The van der Waals surface area contributed by atoms with E-state index in [-0.39, 0.29) is 12.7 Å². The van der Waals surface area contributed by atoms with Crippen LogP contribution in [0.15, 0.2) is 72.8 Å². The Kier molecular flexibility index (Phi) is 4.52. The van der Waals surface area contributed by atoms with Gasteiger partial charge in [-0.15, -0.1) is 0 Å². The zero-order chi connectivity index (χ0) is 20.5. The van der Waals surface area contributed by atoms with E-state index in [9.17, 15) is 4.79 Å². The maximum absolute atomic E-state index is 13.4. The van der Waals surface area contributed by atoms with Crippen molar-refractivity contribution in [1.82, 2.24) is 0 Å². The van der Waals surface area contributed by atoms with Gasteiger partial charge in [0.15, 0.2) is 11.5 Å². The number of carbonyl (C=O) groups excluding carboxylic acids is 1. The number of anilines is 2. The molecule has 1 N–H and O–H groups in total. The van der Waals surface area contributed by atoms with E-state index in [1.807, 2.05) is 78.9 Å². The number of nitrogens with zero attached hydrogens (tertiary/aromatic N) is 1. The number of ether oxygens (including phenoxy) is 3. The second-order valence-corrected chi connectivity index (χ2v) is 6.95. The minimum absolute atomic E-state index is 0.0853. The van der Waals surface area contributed by atoms with Crippen LogP contribution in [0.5, 0.6) is 17.2 Å². The predicted octanol–water partition coefficient (Wildman–Crippen LogP) is 4.54. The van der Waals surface area contributed by atoms with E-state index in [4.69, 9.17) is 14.2 Å². The fourth-order valence-corrected chi connectivity index (χ4v) is 3.72. The second-order valence-electron chi connectivity index (χ2n) is 6.95. The maximum Gasteiger partial charge on any atom is 0.262 e. The Bertz CT molecular complexity index is 1140. The SMILES string of the molecule is COc1ccccc1/C=C/[C@@H]1Nc2ccccc2C(=O)N1c1ccc2c(c1)OCO2. The number of nitrogens with one attached hydrogen (secondary N) is 1. The summed E-state index contributed by atoms with van der Waals surface area (Å²) >= 11 is 0. The highest BCUT2D eigenvalue weighted by Gasteiger charge is 2.32. The fourth-order valence-electron chi connectivity index (χ4n) is 3.72. The lowest BCUT2D eigenvalue weighted by Crippen LogP contribution is -2.48. The zero-order valence-electron chi connectivity index (χ0n) is 16.4. The molecule has 0 aliphatic carbocycles. The molecule has 0 saturated heterocycles. The smallest absolute Gasteiger partial charge is 0.262 e. The van der Waals surface area contributed by atoms with Gasteiger partial charge in [0.25, 0.3) is 5.91 Å². The zero-order valence-corrected chi connectivity index (χ0v) is 16.4. The lowest BCUT2D eigenvalue weighted by molar-refractivity contribution is 0.0980. The topological polar surface area (TPSA) is 60.0 Å². The molecule has 0 fully saturated rings. The molecule has 150 valence electrons. The molecule has 1 amide bonds. The van der Waals surface area contributed by atoms with Crippen LogP contribution in [0.2, 0.25) is 0 Å². The number of para-hydroxylation sites is 2. The van der Waals surface area contributed by atoms with Gasteiger partial charge in [-0.25, -0.2) is 0 Å². The average molecular weight is 400 g/mol. The second kappa shape index (κ2) is 7.48. The van der Waals surface area contributed by atoms with Gasteiger partial charge in [-0.1, -0.05) is 36.4 Å². The van der Waals surface area contributed by atoms with Crippen LogP contribution in [-0.2, 0) is 0 Å². The van der Waals surface area contributed by atoms with E-state index in [1.54, 1.807) is 12.0 Å². The van der Waals surface area contributed by atoms with Crippen molar-refractivity contribution in [3.05, 3.63) is 83.9 Å². The van der Waals surface area contributed by atoms with Gasteiger partial charge in [0, 0.05) is 17.3 Å². The van der Waals surface area contributed by atoms with E-state index in [0.717, 1.165) is 22.7 Å². The van der Waals surface area contributed by atoms with Gasteiger partial charge in [0.1, 0.15) is 11.9 Å². The number of benzene rings is 3. The molecule has 6 nitrogen and oxygen atoms in total. The molecule has 0 spiro atoms. The first kappa shape index (κ1) is 18.1. The monoisotopic (exact) mass is 400 g/mol. The Morgan fingerprint density at radius 2 is 1.83 bits per heavy atom. The maximum atomic E-state index is 13.4. The molecule has 2 aliphatic heterocycles. The number of fused-ring (bicyclic) bond motifs is 2. The third-order valence-electron chi connectivity index (χ3n) is 5.19. The Labute approximate surface area is 174 Å². The molecule has 0 radical (unpaired) electrons. The van der Waals surface area contributed by atoms with Crippen molar-refractivity contribution < 1.29 is 19.0 Å². The van der Waals surface area contributed by atoms with E-state index in [2.05, 4.69) is 5.32 Å². The van der Waals surface area contributed by atoms with Gasteiger partial charge in [0.2, 0.25) is 6.79 Å². The summed E-state index contributed by atoms with van der Waals surface area (Å²) in [7, 11) is 1.64. The molecule has 0 unspecified atom stereocenters. The molecule has 0 aromatic heterocycles. The van der Waals surface area contributed by atoms with Crippen molar-refractivity contribution in [3.8, 4) is 17.2 Å². The molecular formula is C24H20N2O4. The minimum atomic E-state index is -0.391. The summed E-state index contributed by atoms with van der Waals surface area (Å²) in [6.07, 6.45) is 3.52. The van der Waals surface area contributed by atoms with Crippen LogP contribution in [-0.4, -0.2) is 26.0 Å². The first-order chi connectivity index (χ1) is 14.7. The third-order valence-corrected chi connectivity index (χ3v) is 5.19. The number of rotatable bonds is 4. The summed E-state index contributed by atoms with van der Waals surface area (Å²) in [5, 5.41) is 3.46. The van der Waals surface area contributed by atoms with E-state index in [0.29, 0.717) is 17.1 Å². The van der Waals surface area contributed by atoms with Crippen molar-refractivity contribution in [3.63, 3.8) is 0 Å². The van der Waals surface area contributed by atoms with Crippen LogP contribution in [0.4, 0.5) is 11.4 Å². The highest BCUT2D eigenvalue weighted by atomic mass is 16.7. The van der Waals surface area contributed by atoms with Crippen molar-refractivity contribution in [2.24, 2.45) is 0 Å². The number of amides is 1. The average Bonchev–Trinajstić information content (AvgIpc) is 3.26. The summed E-state index contributed by atoms with van der Waals surface area (Å²) < 4.78 is 16.4. The van der Waals surface area contributed by atoms with Crippen LogP contribution in [0, 0.1) is 0 Å². The van der Waals surface area contributed by atoms with Crippen LogP contribution in [0.25, 0.3) is 6.08 Å². The molecule has 5 rings (SSSR count). The Morgan fingerprint density at radius 1 is 1.03 bits per heavy atom. The molecule has 0 saturated carbocycles. The first-order valence-electron chi connectivity index (χ1n) is 9.64. The molecule has 6 heteroatoms. The van der Waals surface area contributed by atoms with Crippen LogP contribution < -0.4 is 24.4 Å². The summed E-state index contributed by atoms with van der Waals surface area (Å²) in [4.78, 5) is 15.1. The Hall–Kier alpha value is -3.93. The lowest BCUT2D eigenvalue weighted by Gasteiger charge is -2.36. The van der Waals surface area contributed by atoms with Crippen LogP contribution in [0.1, 0.15) is 15.9 Å². The van der Waals surface area contributed by atoms with Gasteiger partial charge in [0.05, 0.1) is 18.4 Å². The predicted molar refractivity (Wildman–Crippen MR) is 115 cm³/mol. The largest absolute Gasteiger partial charge is 0.496 e. The molecule has 30 heavy (non-hydrogen) atoms. The molecule has 1 atom stereocenters. The van der Waals surface area contributed by atoms with Crippen LogP contribution in [0.3, 0.4) is 0 Å². The lowest BCUT2D eigenvalue weighted by atomic mass is 10.1. The first-order valence-corrected chi connectivity index (χ1v) is 9.64. The molecule has 3 aromatic carbocycles. The van der Waals surface area contributed by atoms with E-state index < -0.39 is 6.17 Å². The van der Waals surface area contributed by atoms with Gasteiger partial charge < -0.3 is 19.5 Å². The molecule has 2 heterocycles. The summed E-state index contributed by atoms with van der Waals surface area (Å²) in [6, 6.07) is 20.8. The normalized spacial score (nSPS) is 17.0. The van der Waals surface area contributed by atoms with Crippen molar-refractivity contribution in [2.45, 2.75) is 6.17 Å². The Balaban J connectivity index is 1.56. The van der Waals surface area contributed by atoms with Gasteiger partial charge in [-0.2, -0.15) is 0 Å². The van der Waals surface area contributed by atoms with Crippen molar-refractivity contribution in [1.29, 1.82) is 0 Å². The number of hydrogen-bond acceptors (Lipinski definition) is 5.